The predicted octanol–water partition coefficient (Wildman–Crippen LogP) is 2.58. The van der Waals surface area contributed by atoms with Crippen LogP contribution in [0.2, 0.25) is 0 Å². The Balaban J connectivity index is 0.000000184. The van der Waals surface area contributed by atoms with E-state index in [0.29, 0.717) is 5.75 Å². The molecular formula is C15H18O3. The molecule has 0 bridgehead atoms. The number of para-hydroxylation sites is 1. The topological polar surface area (TPSA) is 49.7 Å². The van der Waals surface area contributed by atoms with E-state index in [-0.39, 0.29) is 6.61 Å². The standard InChI is InChI=1S/C8H10O2.C7H8O/c1-7(9)10-8-5-3-2-4-6-8;8-6-7-4-2-1-3-5-7/h2-7,9H,1H3;1-5,8H,6H2. The van der Waals surface area contributed by atoms with Crippen molar-refractivity contribution in [1.82, 2.24) is 0 Å². The summed E-state index contributed by atoms with van der Waals surface area (Å²) >= 11 is 0. The minimum absolute atomic E-state index is 0.140. The molecule has 0 fully saturated rings. The van der Waals surface area contributed by atoms with Gasteiger partial charge in [-0.25, -0.2) is 0 Å². The molecule has 2 aromatic rings. The molecular weight excluding hydrogens is 228 g/mol. The molecule has 0 radical (unpaired) electrons. The molecule has 2 aromatic carbocycles. The Bertz CT molecular complexity index is 412. The van der Waals surface area contributed by atoms with Crippen LogP contribution in [0.5, 0.6) is 5.75 Å². The highest BCUT2D eigenvalue weighted by molar-refractivity contribution is 5.20. The summed E-state index contributed by atoms with van der Waals surface area (Å²) in [5.74, 6) is 0.692. The summed E-state index contributed by atoms with van der Waals surface area (Å²) in [4.78, 5) is 0. The minimum atomic E-state index is -0.734. The molecule has 18 heavy (non-hydrogen) atoms. The molecule has 0 aliphatic carbocycles. The summed E-state index contributed by atoms with van der Waals surface area (Å²) in [5, 5.41) is 17.3. The number of rotatable bonds is 3. The lowest BCUT2D eigenvalue weighted by atomic mass is 10.2. The second-order valence-corrected chi connectivity index (χ2v) is 3.67. The average Bonchev–Trinajstić information content (AvgIpc) is 2.41. The highest BCUT2D eigenvalue weighted by Crippen LogP contribution is 2.09. The van der Waals surface area contributed by atoms with E-state index in [2.05, 4.69) is 0 Å². The van der Waals surface area contributed by atoms with Crippen molar-refractivity contribution in [3.8, 4) is 5.75 Å². The van der Waals surface area contributed by atoms with E-state index in [1.54, 1.807) is 19.1 Å². The van der Waals surface area contributed by atoms with Crippen molar-refractivity contribution in [2.45, 2.75) is 19.8 Å². The van der Waals surface area contributed by atoms with Crippen LogP contribution in [0, 0.1) is 0 Å². The molecule has 0 aliphatic rings. The van der Waals surface area contributed by atoms with E-state index in [4.69, 9.17) is 14.9 Å². The first-order valence-corrected chi connectivity index (χ1v) is 5.77. The van der Waals surface area contributed by atoms with Crippen LogP contribution >= 0.6 is 0 Å². The van der Waals surface area contributed by atoms with Gasteiger partial charge in [0.25, 0.3) is 0 Å². The highest BCUT2D eigenvalue weighted by atomic mass is 16.6. The number of ether oxygens (including phenoxy) is 1. The third-order valence-electron chi connectivity index (χ3n) is 2.08. The largest absolute Gasteiger partial charge is 0.465 e. The van der Waals surface area contributed by atoms with Crippen LogP contribution in [0.4, 0.5) is 0 Å². The van der Waals surface area contributed by atoms with Gasteiger partial charge in [-0.05, 0) is 24.6 Å². The van der Waals surface area contributed by atoms with Gasteiger partial charge in [0, 0.05) is 0 Å². The van der Waals surface area contributed by atoms with Crippen LogP contribution in [-0.2, 0) is 6.61 Å². The number of hydrogen-bond acceptors (Lipinski definition) is 3. The molecule has 1 atom stereocenters. The van der Waals surface area contributed by atoms with Gasteiger partial charge in [0.05, 0.1) is 6.61 Å². The predicted molar refractivity (Wildman–Crippen MR) is 71.1 cm³/mol. The van der Waals surface area contributed by atoms with Crippen molar-refractivity contribution in [2.75, 3.05) is 0 Å². The first-order valence-electron chi connectivity index (χ1n) is 5.77. The lowest BCUT2D eigenvalue weighted by Gasteiger charge is -2.06. The van der Waals surface area contributed by atoms with Gasteiger partial charge in [0.15, 0.2) is 6.29 Å². The quantitative estimate of drug-likeness (QED) is 0.818. The SMILES string of the molecule is CC(O)Oc1ccccc1.OCc1ccccc1. The summed E-state index contributed by atoms with van der Waals surface area (Å²) in [7, 11) is 0. The maximum Gasteiger partial charge on any atom is 0.194 e. The van der Waals surface area contributed by atoms with Crippen molar-refractivity contribution in [3.05, 3.63) is 66.2 Å². The van der Waals surface area contributed by atoms with E-state index in [1.165, 1.54) is 0 Å². The van der Waals surface area contributed by atoms with Crippen LogP contribution in [0.25, 0.3) is 0 Å². The van der Waals surface area contributed by atoms with Gasteiger partial charge in [-0.1, -0.05) is 48.5 Å². The van der Waals surface area contributed by atoms with E-state index in [1.807, 2.05) is 48.5 Å². The summed E-state index contributed by atoms with van der Waals surface area (Å²) in [6.45, 7) is 1.72. The Labute approximate surface area is 107 Å². The van der Waals surface area contributed by atoms with Crippen molar-refractivity contribution in [3.63, 3.8) is 0 Å². The zero-order valence-corrected chi connectivity index (χ0v) is 10.4. The van der Waals surface area contributed by atoms with Gasteiger partial charge in [-0.2, -0.15) is 0 Å². The number of aliphatic hydroxyl groups is 2. The third-order valence-corrected chi connectivity index (χ3v) is 2.08. The summed E-state index contributed by atoms with van der Waals surface area (Å²) in [6, 6.07) is 18.7. The van der Waals surface area contributed by atoms with Crippen molar-refractivity contribution >= 4 is 0 Å². The molecule has 2 N–H and O–H groups in total. The molecule has 0 spiro atoms. The first-order chi connectivity index (χ1) is 8.72. The Kier molecular flexibility index (Phi) is 6.54. The van der Waals surface area contributed by atoms with E-state index in [9.17, 15) is 0 Å². The Hall–Kier alpha value is -1.84. The molecule has 96 valence electrons. The molecule has 0 amide bonds. The van der Waals surface area contributed by atoms with Gasteiger partial charge in [-0.3, -0.25) is 0 Å². The summed E-state index contributed by atoms with van der Waals surface area (Å²) < 4.78 is 4.97. The second kappa shape index (κ2) is 8.28. The van der Waals surface area contributed by atoms with E-state index >= 15 is 0 Å². The minimum Gasteiger partial charge on any atom is -0.465 e. The summed E-state index contributed by atoms with van der Waals surface area (Å²) in [6.07, 6.45) is -0.734. The van der Waals surface area contributed by atoms with Crippen LogP contribution in [0.1, 0.15) is 12.5 Å². The normalized spacial score (nSPS) is 11.1. The van der Waals surface area contributed by atoms with Crippen LogP contribution < -0.4 is 4.74 Å². The summed E-state index contributed by atoms with van der Waals surface area (Å²) in [5.41, 5.74) is 0.965. The van der Waals surface area contributed by atoms with E-state index in [0.717, 1.165) is 5.56 Å². The molecule has 0 saturated carbocycles. The average molecular weight is 246 g/mol. The fourth-order valence-electron chi connectivity index (χ4n) is 1.28. The fourth-order valence-corrected chi connectivity index (χ4v) is 1.28. The Morgan fingerprint density at radius 2 is 1.44 bits per heavy atom. The van der Waals surface area contributed by atoms with Crippen LogP contribution in [-0.4, -0.2) is 16.5 Å². The van der Waals surface area contributed by atoms with Gasteiger partial charge < -0.3 is 14.9 Å². The lowest BCUT2D eigenvalue weighted by molar-refractivity contribution is -0.000288. The number of aliphatic hydroxyl groups excluding tert-OH is 2. The van der Waals surface area contributed by atoms with Gasteiger partial charge in [0.2, 0.25) is 0 Å². The Morgan fingerprint density at radius 1 is 0.944 bits per heavy atom. The van der Waals surface area contributed by atoms with Gasteiger partial charge >= 0.3 is 0 Å². The molecule has 0 aliphatic heterocycles. The van der Waals surface area contributed by atoms with Gasteiger partial charge in [-0.15, -0.1) is 0 Å². The molecule has 2 rings (SSSR count). The number of hydrogen-bond donors (Lipinski definition) is 2. The van der Waals surface area contributed by atoms with Crippen molar-refractivity contribution in [1.29, 1.82) is 0 Å². The third kappa shape index (κ3) is 6.03. The zero-order chi connectivity index (χ0) is 13.2. The van der Waals surface area contributed by atoms with Crippen LogP contribution in [0.15, 0.2) is 60.7 Å². The van der Waals surface area contributed by atoms with Crippen molar-refractivity contribution in [2.24, 2.45) is 0 Å². The molecule has 3 nitrogen and oxygen atoms in total. The number of benzene rings is 2. The molecule has 0 aromatic heterocycles. The highest BCUT2D eigenvalue weighted by Gasteiger charge is 1.94. The molecule has 1 unspecified atom stereocenters. The molecule has 0 heterocycles. The lowest BCUT2D eigenvalue weighted by Crippen LogP contribution is -2.08. The maximum absolute atomic E-state index is 8.78. The van der Waals surface area contributed by atoms with Gasteiger partial charge in [0.1, 0.15) is 5.75 Å². The first kappa shape index (κ1) is 14.2. The van der Waals surface area contributed by atoms with E-state index < -0.39 is 6.29 Å². The molecule has 3 heteroatoms. The smallest absolute Gasteiger partial charge is 0.194 e. The zero-order valence-electron chi connectivity index (χ0n) is 10.4. The fraction of sp³-hybridized carbons (Fsp3) is 0.200. The molecule has 0 saturated heterocycles. The van der Waals surface area contributed by atoms with Crippen LogP contribution in [0.3, 0.4) is 0 Å². The Morgan fingerprint density at radius 3 is 1.83 bits per heavy atom. The maximum atomic E-state index is 8.78. The second-order valence-electron chi connectivity index (χ2n) is 3.67. The van der Waals surface area contributed by atoms with Crippen molar-refractivity contribution < 1.29 is 14.9 Å². The monoisotopic (exact) mass is 246 g/mol.